The van der Waals surface area contributed by atoms with Gasteiger partial charge in [0.05, 0.1) is 12.3 Å². The zero-order chi connectivity index (χ0) is 13.8. The van der Waals surface area contributed by atoms with Crippen LogP contribution >= 0.6 is 0 Å². The zero-order valence-electron chi connectivity index (χ0n) is 11.0. The van der Waals surface area contributed by atoms with E-state index in [0.29, 0.717) is 6.54 Å². The van der Waals surface area contributed by atoms with Gasteiger partial charge in [-0.25, -0.2) is 0 Å². The Bertz CT molecular complexity index is 532. The molecule has 1 aliphatic rings. The van der Waals surface area contributed by atoms with Crippen molar-refractivity contribution in [3.05, 3.63) is 30.0 Å². The van der Waals surface area contributed by atoms with Gasteiger partial charge in [0.2, 0.25) is 0 Å². The first-order chi connectivity index (χ1) is 9.84. The number of H-pyrrole nitrogens is 1. The second-order valence-electron chi connectivity index (χ2n) is 4.72. The van der Waals surface area contributed by atoms with E-state index < -0.39 is 0 Å². The zero-order valence-corrected chi connectivity index (χ0v) is 11.0. The van der Waals surface area contributed by atoms with Gasteiger partial charge in [0.1, 0.15) is 5.76 Å². The minimum atomic E-state index is -0.338. The maximum Gasteiger partial charge on any atom is 0.292 e. The minimum Gasteiger partial charge on any atom is -0.468 e. The molecule has 1 fully saturated rings. The van der Waals surface area contributed by atoms with Crippen LogP contribution in [0.2, 0.25) is 0 Å². The highest BCUT2D eigenvalue weighted by Crippen LogP contribution is 2.24. The lowest BCUT2D eigenvalue weighted by molar-refractivity contribution is 0.0923. The van der Waals surface area contributed by atoms with Gasteiger partial charge in [-0.1, -0.05) is 0 Å². The highest BCUT2D eigenvalue weighted by atomic mass is 16.3. The number of rotatable bonds is 5. The van der Waals surface area contributed by atoms with Crippen molar-refractivity contribution in [3.8, 4) is 0 Å². The van der Waals surface area contributed by atoms with Crippen molar-refractivity contribution >= 4 is 5.91 Å². The van der Waals surface area contributed by atoms with Crippen LogP contribution in [0.15, 0.2) is 22.8 Å². The summed E-state index contributed by atoms with van der Waals surface area (Å²) in [7, 11) is 0. The van der Waals surface area contributed by atoms with Crippen molar-refractivity contribution in [2.45, 2.75) is 18.9 Å². The van der Waals surface area contributed by atoms with Crippen LogP contribution in [0.25, 0.3) is 0 Å². The lowest BCUT2D eigenvalue weighted by atomic mass is 10.2. The first-order valence-corrected chi connectivity index (χ1v) is 6.63. The fourth-order valence-electron chi connectivity index (χ4n) is 2.47. The molecule has 1 unspecified atom stereocenters. The Hall–Kier alpha value is -2.22. The Morgan fingerprint density at radius 3 is 3.00 bits per heavy atom. The highest BCUT2D eigenvalue weighted by Gasteiger charge is 2.26. The number of tetrazole rings is 1. The summed E-state index contributed by atoms with van der Waals surface area (Å²) in [6, 6.07) is 3.84. The Morgan fingerprint density at radius 1 is 1.50 bits per heavy atom. The van der Waals surface area contributed by atoms with Crippen LogP contribution in [0.1, 0.15) is 35.3 Å². The van der Waals surface area contributed by atoms with E-state index in [9.17, 15) is 4.79 Å². The van der Waals surface area contributed by atoms with Crippen molar-refractivity contribution in [3.63, 3.8) is 0 Å². The number of furan rings is 1. The molecule has 0 aromatic carbocycles. The van der Waals surface area contributed by atoms with Crippen LogP contribution in [0.5, 0.6) is 0 Å². The largest absolute Gasteiger partial charge is 0.468 e. The smallest absolute Gasteiger partial charge is 0.292 e. The molecule has 1 saturated heterocycles. The Kier molecular flexibility index (Phi) is 3.73. The lowest BCUT2D eigenvalue weighted by Gasteiger charge is -2.25. The van der Waals surface area contributed by atoms with Gasteiger partial charge >= 0.3 is 0 Å². The maximum absolute atomic E-state index is 11.8. The monoisotopic (exact) mass is 276 g/mol. The molecule has 0 aliphatic carbocycles. The van der Waals surface area contributed by atoms with E-state index in [1.807, 2.05) is 12.1 Å². The van der Waals surface area contributed by atoms with Gasteiger partial charge in [-0.3, -0.25) is 9.69 Å². The SMILES string of the molecule is O=C(NCC(c1ccco1)N1CCCC1)c1nn[nH]n1. The standard InChI is InChI=1S/C12H16N6O2/c19-12(11-14-16-17-15-11)13-8-9(10-4-3-7-20-10)18-5-1-2-6-18/h3-4,7,9H,1-2,5-6,8H2,(H,13,19)(H,14,15,16,17). The predicted molar refractivity (Wildman–Crippen MR) is 68.8 cm³/mol. The fourth-order valence-corrected chi connectivity index (χ4v) is 2.47. The molecule has 8 heteroatoms. The van der Waals surface area contributed by atoms with Crippen molar-refractivity contribution in [1.82, 2.24) is 30.8 Å². The third-order valence-electron chi connectivity index (χ3n) is 3.46. The molecule has 0 bridgehead atoms. The number of hydrogen-bond donors (Lipinski definition) is 2. The van der Waals surface area contributed by atoms with Gasteiger partial charge in [0, 0.05) is 6.54 Å². The van der Waals surface area contributed by atoms with Gasteiger partial charge in [-0.05, 0) is 43.3 Å². The molecule has 0 radical (unpaired) electrons. The molecule has 3 heterocycles. The highest BCUT2D eigenvalue weighted by molar-refractivity contribution is 5.90. The second kappa shape index (κ2) is 5.83. The fraction of sp³-hybridized carbons (Fsp3) is 0.500. The second-order valence-corrected chi connectivity index (χ2v) is 4.72. The van der Waals surface area contributed by atoms with E-state index >= 15 is 0 Å². The number of nitrogens with one attached hydrogen (secondary N) is 2. The summed E-state index contributed by atoms with van der Waals surface area (Å²) in [6.45, 7) is 2.49. The Balaban J connectivity index is 1.66. The summed E-state index contributed by atoms with van der Waals surface area (Å²) in [5.41, 5.74) is 0. The summed E-state index contributed by atoms with van der Waals surface area (Å²) in [5.74, 6) is 0.569. The van der Waals surface area contributed by atoms with E-state index in [2.05, 4.69) is 30.8 Å². The van der Waals surface area contributed by atoms with Gasteiger partial charge in [0.15, 0.2) is 0 Å². The average molecular weight is 276 g/mol. The molecule has 0 saturated carbocycles. The van der Waals surface area contributed by atoms with E-state index in [1.165, 1.54) is 12.8 Å². The molecule has 20 heavy (non-hydrogen) atoms. The van der Waals surface area contributed by atoms with Gasteiger partial charge in [-0.2, -0.15) is 5.21 Å². The summed E-state index contributed by atoms with van der Waals surface area (Å²) in [5, 5.41) is 15.8. The number of aromatic nitrogens is 4. The number of likely N-dealkylation sites (tertiary alicyclic amines) is 1. The van der Waals surface area contributed by atoms with Gasteiger partial charge < -0.3 is 9.73 Å². The van der Waals surface area contributed by atoms with Crippen LogP contribution in [0.4, 0.5) is 0 Å². The van der Waals surface area contributed by atoms with E-state index in [1.54, 1.807) is 6.26 Å². The topological polar surface area (TPSA) is 99.9 Å². The molecule has 106 valence electrons. The molecule has 1 amide bonds. The molecule has 2 aromatic rings. The molecule has 8 nitrogen and oxygen atoms in total. The Morgan fingerprint density at radius 2 is 2.35 bits per heavy atom. The van der Waals surface area contributed by atoms with E-state index in [-0.39, 0.29) is 17.8 Å². The van der Waals surface area contributed by atoms with Crippen LogP contribution in [-0.2, 0) is 0 Å². The van der Waals surface area contributed by atoms with Crippen molar-refractivity contribution < 1.29 is 9.21 Å². The number of aromatic amines is 1. The quantitative estimate of drug-likeness (QED) is 0.818. The molecule has 1 aliphatic heterocycles. The number of carbonyl (C=O) groups excluding carboxylic acids is 1. The van der Waals surface area contributed by atoms with Gasteiger partial charge in [-0.15, -0.1) is 10.2 Å². The summed E-state index contributed by atoms with van der Waals surface area (Å²) >= 11 is 0. The molecular formula is C12H16N6O2. The van der Waals surface area contributed by atoms with E-state index in [0.717, 1.165) is 18.8 Å². The number of nitrogens with zero attached hydrogens (tertiary/aromatic N) is 4. The average Bonchev–Trinajstić information content (AvgIpc) is 3.22. The first-order valence-electron chi connectivity index (χ1n) is 6.63. The molecular weight excluding hydrogens is 260 g/mol. The lowest BCUT2D eigenvalue weighted by Crippen LogP contribution is -2.37. The minimum absolute atomic E-state index is 0.0448. The molecule has 1 atom stereocenters. The number of amides is 1. The molecule has 2 aromatic heterocycles. The van der Waals surface area contributed by atoms with Crippen LogP contribution in [-0.4, -0.2) is 51.1 Å². The summed E-state index contributed by atoms with van der Waals surface area (Å²) < 4.78 is 5.49. The summed E-state index contributed by atoms with van der Waals surface area (Å²) in [4.78, 5) is 14.2. The molecule has 0 spiro atoms. The maximum atomic E-state index is 11.8. The third kappa shape index (κ3) is 2.69. The van der Waals surface area contributed by atoms with Crippen molar-refractivity contribution in [1.29, 1.82) is 0 Å². The Labute approximate surface area is 115 Å². The van der Waals surface area contributed by atoms with Crippen LogP contribution in [0, 0.1) is 0 Å². The summed E-state index contributed by atoms with van der Waals surface area (Å²) in [6.07, 6.45) is 4.01. The van der Waals surface area contributed by atoms with Crippen LogP contribution in [0.3, 0.4) is 0 Å². The number of carbonyl (C=O) groups is 1. The van der Waals surface area contributed by atoms with E-state index in [4.69, 9.17) is 4.42 Å². The predicted octanol–water partition coefficient (Wildman–Crippen LogP) is 0.360. The van der Waals surface area contributed by atoms with Crippen molar-refractivity contribution in [2.75, 3.05) is 19.6 Å². The third-order valence-corrected chi connectivity index (χ3v) is 3.46. The molecule has 2 N–H and O–H groups in total. The first kappa shape index (κ1) is 12.8. The van der Waals surface area contributed by atoms with Gasteiger partial charge in [0.25, 0.3) is 11.7 Å². The van der Waals surface area contributed by atoms with Crippen LogP contribution < -0.4 is 5.32 Å². The normalized spacial score (nSPS) is 17.2. The molecule has 3 rings (SSSR count). The number of hydrogen-bond acceptors (Lipinski definition) is 6. The van der Waals surface area contributed by atoms with Crippen molar-refractivity contribution in [2.24, 2.45) is 0 Å².